The van der Waals surface area contributed by atoms with Gasteiger partial charge >= 0.3 is 0 Å². The van der Waals surface area contributed by atoms with Crippen LogP contribution < -0.4 is 20.9 Å². The molecule has 0 radical (unpaired) electrons. The Labute approximate surface area is 245 Å². The number of aromatic nitrogens is 2. The number of carbonyl (C=O) groups is 1. The molecule has 4 N–H and O–H groups in total. The molecule has 5 rings (SSSR count). The Morgan fingerprint density at radius 3 is 2.60 bits per heavy atom. The van der Waals surface area contributed by atoms with Crippen LogP contribution in [0.15, 0.2) is 84.1 Å². The average molecular weight is 563 g/mol. The monoisotopic (exact) mass is 562 g/mol. The lowest BCUT2D eigenvalue weighted by Crippen LogP contribution is -2.32. The maximum absolute atomic E-state index is 13.6. The van der Waals surface area contributed by atoms with E-state index >= 15 is 0 Å². The fraction of sp³-hybridized carbons (Fsp3) is 0.212. The summed E-state index contributed by atoms with van der Waals surface area (Å²) >= 11 is 0. The number of amides is 1. The number of methoxy groups -OCH3 is 1. The van der Waals surface area contributed by atoms with E-state index in [9.17, 15) is 4.79 Å². The highest BCUT2D eigenvalue weighted by atomic mass is 16.5. The summed E-state index contributed by atoms with van der Waals surface area (Å²) in [6.45, 7) is 2.43. The molecule has 1 unspecified atom stereocenters. The largest absolute Gasteiger partial charge is 0.493 e. The van der Waals surface area contributed by atoms with Crippen molar-refractivity contribution in [2.45, 2.75) is 38.8 Å². The van der Waals surface area contributed by atoms with Gasteiger partial charge in [0.25, 0.3) is 5.91 Å². The molecule has 1 aliphatic rings. The molecular formula is C33H34N6O3. The van der Waals surface area contributed by atoms with Gasteiger partial charge < -0.3 is 20.9 Å². The first-order valence-electron chi connectivity index (χ1n) is 13.9. The highest BCUT2D eigenvalue weighted by Gasteiger charge is 2.27. The van der Waals surface area contributed by atoms with Gasteiger partial charge in [0.15, 0.2) is 11.5 Å². The highest BCUT2D eigenvalue weighted by molar-refractivity contribution is 5.95. The average Bonchev–Trinajstić information content (AvgIpc) is 3.01. The number of hydrogen-bond acceptors (Lipinski definition) is 8. The lowest BCUT2D eigenvalue weighted by Gasteiger charge is -2.31. The van der Waals surface area contributed by atoms with Crippen molar-refractivity contribution in [1.82, 2.24) is 15.0 Å². The Morgan fingerprint density at radius 1 is 1.05 bits per heavy atom. The number of nitrogens with two attached hydrogens (primary N) is 2. The molecule has 0 spiro atoms. The Bertz CT molecular complexity index is 1620. The van der Waals surface area contributed by atoms with Crippen LogP contribution >= 0.6 is 0 Å². The number of hydrogen-bond donors (Lipinski definition) is 2. The van der Waals surface area contributed by atoms with Gasteiger partial charge in [0.05, 0.1) is 19.4 Å². The topological polar surface area (TPSA) is 129 Å². The van der Waals surface area contributed by atoms with Crippen LogP contribution in [0.2, 0.25) is 0 Å². The maximum atomic E-state index is 13.6. The minimum atomic E-state index is -0.228. The number of benzene rings is 3. The van der Waals surface area contributed by atoms with E-state index in [1.54, 1.807) is 30.6 Å². The van der Waals surface area contributed by atoms with E-state index in [1.165, 1.54) is 6.08 Å². The Hall–Kier alpha value is -5.18. The molecule has 1 amide bonds. The van der Waals surface area contributed by atoms with Crippen LogP contribution in [0.25, 0.3) is 6.08 Å². The number of hydrazone groups is 1. The SMILES string of the molecule is CCCC1c2ccccc2C=NN1C(=O)/C=C/c1cc(Cc2cnc(N)nc2N)cc(OC)c1OCc1ccccc1. The molecule has 9 nitrogen and oxygen atoms in total. The minimum absolute atomic E-state index is 0.116. The van der Waals surface area contributed by atoms with Crippen LogP contribution in [0.1, 0.15) is 59.2 Å². The molecule has 214 valence electrons. The molecule has 1 aromatic heterocycles. The first-order valence-corrected chi connectivity index (χ1v) is 13.9. The van der Waals surface area contributed by atoms with E-state index in [4.69, 9.17) is 20.9 Å². The molecule has 4 aromatic rings. The fourth-order valence-corrected chi connectivity index (χ4v) is 5.00. The van der Waals surface area contributed by atoms with Crippen molar-refractivity contribution in [3.05, 3.63) is 112 Å². The number of ether oxygens (including phenoxy) is 2. The molecule has 0 fully saturated rings. The second-order valence-electron chi connectivity index (χ2n) is 10.0. The molecule has 42 heavy (non-hydrogen) atoms. The third-order valence-electron chi connectivity index (χ3n) is 7.07. The van der Waals surface area contributed by atoms with Gasteiger partial charge in [0.1, 0.15) is 12.4 Å². The Morgan fingerprint density at radius 2 is 1.83 bits per heavy atom. The van der Waals surface area contributed by atoms with Gasteiger partial charge in [-0.25, -0.2) is 9.99 Å². The van der Waals surface area contributed by atoms with Crippen LogP contribution in [-0.4, -0.2) is 34.2 Å². The Kier molecular flexibility index (Phi) is 8.77. The van der Waals surface area contributed by atoms with Crippen molar-refractivity contribution in [1.29, 1.82) is 0 Å². The van der Waals surface area contributed by atoms with Crippen molar-refractivity contribution in [3.8, 4) is 11.5 Å². The second kappa shape index (κ2) is 13.0. The number of nitrogens with zero attached hydrogens (tertiary/aromatic N) is 4. The summed E-state index contributed by atoms with van der Waals surface area (Å²) < 4.78 is 12.0. The zero-order chi connectivity index (χ0) is 29.5. The molecule has 9 heteroatoms. The van der Waals surface area contributed by atoms with Gasteiger partial charge in [0, 0.05) is 29.8 Å². The zero-order valence-electron chi connectivity index (χ0n) is 23.7. The first kappa shape index (κ1) is 28.4. The van der Waals surface area contributed by atoms with Crippen molar-refractivity contribution >= 4 is 30.0 Å². The van der Waals surface area contributed by atoms with Crippen LogP contribution in [0.5, 0.6) is 11.5 Å². The normalized spacial score (nSPS) is 14.1. The summed E-state index contributed by atoms with van der Waals surface area (Å²) in [6.07, 6.45) is 8.78. The third kappa shape index (κ3) is 6.41. The van der Waals surface area contributed by atoms with Crippen molar-refractivity contribution in [3.63, 3.8) is 0 Å². The quantitative estimate of drug-likeness (QED) is 0.242. The van der Waals surface area contributed by atoms with Gasteiger partial charge in [-0.3, -0.25) is 4.79 Å². The van der Waals surface area contributed by atoms with Crippen molar-refractivity contribution in [2.75, 3.05) is 18.6 Å². The molecular weight excluding hydrogens is 528 g/mol. The van der Waals surface area contributed by atoms with Crippen LogP contribution in [0.4, 0.5) is 11.8 Å². The lowest BCUT2D eigenvalue weighted by atomic mass is 9.95. The predicted octanol–water partition coefficient (Wildman–Crippen LogP) is 5.55. The highest BCUT2D eigenvalue weighted by Crippen LogP contribution is 2.36. The number of rotatable bonds is 10. The molecule has 1 aliphatic heterocycles. The summed E-state index contributed by atoms with van der Waals surface area (Å²) in [5.74, 6) is 1.25. The van der Waals surface area contributed by atoms with E-state index in [-0.39, 0.29) is 17.9 Å². The maximum Gasteiger partial charge on any atom is 0.267 e. The number of fused-ring (bicyclic) bond motifs is 1. The van der Waals surface area contributed by atoms with Crippen LogP contribution in [0, 0.1) is 0 Å². The summed E-state index contributed by atoms with van der Waals surface area (Å²) in [7, 11) is 1.59. The lowest BCUT2D eigenvalue weighted by molar-refractivity contribution is -0.128. The van der Waals surface area contributed by atoms with Crippen LogP contribution in [-0.2, 0) is 17.8 Å². The van der Waals surface area contributed by atoms with E-state index in [2.05, 4.69) is 28.1 Å². The summed E-state index contributed by atoms with van der Waals surface area (Å²) in [6, 6.07) is 21.6. The van der Waals surface area contributed by atoms with Gasteiger partial charge in [-0.1, -0.05) is 67.9 Å². The molecule has 2 heterocycles. The molecule has 0 bridgehead atoms. The summed E-state index contributed by atoms with van der Waals surface area (Å²) in [5.41, 5.74) is 17.2. The second-order valence-corrected chi connectivity index (χ2v) is 10.0. The van der Waals surface area contributed by atoms with Gasteiger partial charge in [-0.05, 0) is 46.9 Å². The smallest absolute Gasteiger partial charge is 0.267 e. The van der Waals surface area contributed by atoms with Crippen molar-refractivity contribution < 1.29 is 14.3 Å². The van der Waals surface area contributed by atoms with E-state index in [0.29, 0.717) is 35.9 Å². The van der Waals surface area contributed by atoms with Crippen LogP contribution in [0.3, 0.4) is 0 Å². The van der Waals surface area contributed by atoms with E-state index in [1.807, 2.05) is 60.7 Å². The summed E-state index contributed by atoms with van der Waals surface area (Å²) in [4.78, 5) is 21.7. The van der Waals surface area contributed by atoms with Gasteiger partial charge in [0.2, 0.25) is 5.95 Å². The van der Waals surface area contributed by atoms with E-state index in [0.717, 1.165) is 40.7 Å². The summed E-state index contributed by atoms with van der Waals surface area (Å²) in [5, 5.41) is 6.07. The number of carbonyl (C=O) groups excluding carboxylic acids is 1. The first-order chi connectivity index (χ1) is 20.5. The third-order valence-corrected chi connectivity index (χ3v) is 7.07. The van der Waals surface area contributed by atoms with Gasteiger partial charge in [-0.2, -0.15) is 10.1 Å². The molecule has 0 saturated carbocycles. The fourth-order valence-electron chi connectivity index (χ4n) is 5.00. The molecule has 1 atom stereocenters. The molecule has 3 aromatic carbocycles. The molecule has 0 aliphatic carbocycles. The number of nitrogen functional groups attached to an aromatic ring is 2. The molecule has 0 saturated heterocycles. The Balaban J connectivity index is 1.48. The van der Waals surface area contributed by atoms with Gasteiger partial charge in [-0.15, -0.1) is 0 Å². The minimum Gasteiger partial charge on any atom is -0.493 e. The van der Waals surface area contributed by atoms with E-state index < -0.39 is 0 Å². The standard InChI is InChI=1S/C33H34N6O3/c1-3-9-28-27-13-8-7-12-25(27)20-37-39(28)30(40)15-14-24-16-23(17-26-19-36-33(35)38-32(26)34)18-29(41-2)31(24)42-21-22-10-5-4-6-11-22/h4-8,10-16,18-20,28H,3,9,17,21H2,1-2H3,(H4,34,35,36,38)/b15-14+. The predicted molar refractivity (Wildman–Crippen MR) is 165 cm³/mol. The van der Waals surface area contributed by atoms with Crippen molar-refractivity contribution in [2.24, 2.45) is 5.10 Å². The zero-order valence-corrected chi connectivity index (χ0v) is 23.7. The number of anilines is 2.